The molecule has 0 radical (unpaired) electrons. The lowest BCUT2D eigenvalue weighted by molar-refractivity contribution is 0.109. The van der Waals surface area contributed by atoms with Gasteiger partial charge in [0.2, 0.25) is 0 Å². The number of nitrogens with one attached hydrogen (secondary N) is 1. The van der Waals surface area contributed by atoms with Crippen LogP contribution in [0.3, 0.4) is 0 Å². The first-order valence-corrected chi connectivity index (χ1v) is 12.9. The summed E-state index contributed by atoms with van der Waals surface area (Å²) < 4.78 is 1.23. The van der Waals surface area contributed by atoms with Crippen LogP contribution in [0.5, 0.6) is 0 Å². The summed E-state index contributed by atoms with van der Waals surface area (Å²) in [5, 5.41) is 16.8. The number of aromatic nitrogens is 1. The van der Waals surface area contributed by atoms with Crippen LogP contribution in [0.1, 0.15) is 56.4 Å². The normalized spacial score (nSPS) is 19.3. The van der Waals surface area contributed by atoms with E-state index in [-0.39, 0.29) is 0 Å². The molecule has 1 unspecified atom stereocenters. The van der Waals surface area contributed by atoms with E-state index in [0.29, 0.717) is 12.0 Å². The quantitative estimate of drug-likeness (QED) is 0.470. The SMILES string of the molecule is CC(C)N1CCc2c(sc(NC(O)C3CCCCC3)c2-c2nc3ccccc3s2)C1. The van der Waals surface area contributed by atoms with Crippen LogP contribution in [-0.4, -0.2) is 33.8 Å². The summed E-state index contributed by atoms with van der Waals surface area (Å²) in [7, 11) is 0. The number of hydrogen-bond donors (Lipinski definition) is 2. The van der Waals surface area contributed by atoms with Gasteiger partial charge in [0.1, 0.15) is 16.2 Å². The number of rotatable bonds is 5. The molecule has 0 saturated heterocycles. The smallest absolute Gasteiger partial charge is 0.127 e. The van der Waals surface area contributed by atoms with Gasteiger partial charge in [-0.2, -0.15) is 0 Å². The van der Waals surface area contributed by atoms with Crippen LogP contribution in [0.15, 0.2) is 24.3 Å². The van der Waals surface area contributed by atoms with Gasteiger partial charge in [0.05, 0.1) is 10.2 Å². The molecular formula is C24H31N3OS2. The number of thiophene rings is 1. The fourth-order valence-electron chi connectivity index (χ4n) is 4.87. The van der Waals surface area contributed by atoms with Crippen molar-refractivity contribution in [3.05, 3.63) is 34.7 Å². The first-order chi connectivity index (χ1) is 14.6. The molecule has 4 nitrogen and oxygen atoms in total. The van der Waals surface area contributed by atoms with Crippen LogP contribution in [-0.2, 0) is 13.0 Å². The van der Waals surface area contributed by atoms with Crippen LogP contribution in [0.25, 0.3) is 20.8 Å². The van der Waals surface area contributed by atoms with E-state index in [1.807, 2.05) is 11.3 Å². The Labute approximate surface area is 187 Å². The second kappa shape index (κ2) is 8.58. The molecule has 1 aromatic carbocycles. The number of nitrogens with zero attached hydrogens (tertiary/aromatic N) is 2. The average Bonchev–Trinajstić information content (AvgIpc) is 3.34. The fraction of sp³-hybridized carbons (Fsp3) is 0.542. The minimum Gasteiger partial charge on any atom is -0.374 e. The van der Waals surface area contributed by atoms with E-state index >= 15 is 0 Å². The number of anilines is 1. The van der Waals surface area contributed by atoms with E-state index in [4.69, 9.17) is 4.98 Å². The topological polar surface area (TPSA) is 48.4 Å². The molecule has 160 valence electrons. The maximum atomic E-state index is 11.0. The molecule has 1 aliphatic heterocycles. The summed E-state index contributed by atoms with van der Waals surface area (Å²) in [6, 6.07) is 8.94. The van der Waals surface area contributed by atoms with E-state index < -0.39 is 6.23 Å². The number of para-hydroxylation sites is 1. The summed E-state index contributed by atoms with van der Waals surface area (Å²) in [4.78, 5) is 8.96. The molecular weight excluding hydrogens is 410 g/mol. The van der Waals surface area contributed by atoms with Crippen molar-refractivity contribution < 1.29 is 5.11 Å². The summed E-state index contributed by atoms with van der Waals surface area (Å²) >= 11 is 3.61. The maximum Gasteiger partial charge on any atom is 0.127 e. The molecule has 2 N–H and O–H groups in total. The van der Waals surface area contributed by atoms with Crippen LogP contribution in [0.4, 0.5) is 5.00 Å². The lowest BCUT2D eigenvalue weighted by atomic mass is 9.88. The molecule has 0 bridgehead atoms. The van der Waals surface area contributed by atoms with Crippen molar-refractivity contribution in [2.24, 2.45) is 5.92 Å². The van der Waals surface area contributed by atoms with Crippen molar-refractivity contribution in [2.45, 2.75) is 71.2 Å². The first-order valence-electron chi connectivity index (χ1n) is 11.3. The number of fused-ring (bicyclic) bond motifs is 2. The maximum absolute atomic E-state index is 11.0. The predicted molar refractivity (Wildman–Crippen MR) is 128 cm³/mol. The Morgan fingerprint density at radius 3 is 2.70 bits per heavy atom. The van der Waals surface area contributed by atoms with Gasteiger partial charge in [-0.25, -0.2) is 4.98 Å². The summed E-state index contributed by atoms with van der Waals surface area (Å²) in [5.41, 5.74) is 3.75. The molecule has 2 aliphatic rings. The second-order valence-electron chi connectivity index (χ2n) is 9.00. The minimum absolute atomic E-state index is 0.355. The highest BCUT2D eigenvalue weighted by Gasteiger charge is 2.30. The van der Waals surface area contributed by atoms with Crippen molar-refractivity contribution in [1.29, 1.82) is 0 Å². The Balaban J connectivity index is 1.53. The van der Waals surface area contributed by atoms with Crippen molar-refractivity contribution in [3.8, 4) is 10.6 Å². The summed E-state index contributed by atoms with van der Waals surface area (Å²) in [5.74, 6) is 0.355. The van der Waals surface area contributed by atoms with Gasteiger partial charge in [-0.15, -0.1) is 22.7 Å². The zero-order chi connectivity index (χ0) is 20.7. The molecule has 1 saturated carbocycles. The van der Waals surface area contributed by atoms with Crippen molar-refractivity contribution in [1.82, 2.24) is 9.88 Å². The van der Waals surface area contributed by atoms with E-state index in [0.717, 1.165) is 47.9 Å². The van der Waals surface area contributed by atoms with Crippen LogP contribution >= 0.6 is 22.7 Å². The highest BCUT2D eigenvalue weighted by molar-refractivity contribution is 7.22. The molecule has 1 atom stereocenters. The number of benzene rings is 1. The van der Waals surface area contributed by atoms with Crippen molar-refractivity contribution >= 4 is 37.9 Å². The molecule has 1 aliphatic carbocycles. The van der Waals surface area contributed by atoms with E-state index in [1.165, 1.54) is 40.0 Å². The molecule has 0 amide bonds. The average molecular weight is 442 g/mol. The monoisotopic (exact) mass is 441 g/mol. The largest absolute Gasteiger partial charge is 0.374 e. The van der Waals surface area contributed by atoms with Gasteiger partial charge in [-0.05, 0) is 50.8 Å². The van der Waals surface area contributed by atoms with Crippen molar-refractivity contribution in [3.63, 3.8) is 0 Å². The molecule has 1 fully saturated rings. The fourth-order valence-corrected chi connectivity index (χ4v) is 7.29. The van der Waals surface area contributed by atoms with Crippen LogP contribution < -0.4 is 5.32 Å². The van der Waals surface area contributed by atoms with Gasteiger partial charge in [0.25, 0.3) is 0 Å². The first kappa shape index (κ1) is 20.4. The Bertz CT molecular complexity index is 986. The van der Waals surface area contributed by atoms with E-state index in [2.05, 4.69) is 48.3 Å². The lowest BCUT2D eigenvalue weighted by Crippen LogP contribution is -2.35. The van der Waals surface area contributed by atoms with Gasteiger partial charge in [-0.1, -0.05) is 31.4 Å². The third kappa shape index (κ3) is 3.91. The standard InChI is InChI=1S/C24H31N3OS2/c1-15(2)27-13-12-17-20(14-27)30-24(26-22(28)16-8-4-3-5-9-16)21(17)23-25-18-10-6-7-11-19(18)29-23/h6-7,10-11,15-16,22,26,28H,3-5,8-9,12-14H2,1-2H3. The zero-order valence-corrected chi connectivity index (χ0v) is 19.5. The van der Waals surface area contributed by atoms with E-state index in [1.54, 1.807) is 11.3 Å². The van der Waals surface area contributed by atoms with Gasteiger partial charge < -0.3 is 10.4 Å². The Kier molecular flexibility index (Phi) is 5.84. The van der Waals surface area contributed by atoms with Gasteiger partial charge in [0.15, 0.2) is 0 Å². The summed E-state index contributed by atoms with van der Waals surface area (Å²) in [6.45, 7) is 6.64. The van der Waals surface area contributed by atoms with Gasteiger partial charge in [-0.3, -0.25) is 4.90 Å². The Morgan fingerprint density at radius 1 is 1.13 bits per heavy atom. The lowest BCUT2D eigenvalue weighted by Gasteiger charge is -2.30. The zero-order valence-electron chi connectivity index (χ0n) is 17.9. The Morgan fingerprint density at radius 2 is 1.93 bits per heavy atom. The molecule has 2 aromatic heterocycles. The minimum atomic E-state index is -0.472. The molecule has 5 rings (SSSR count). The third-order valence-electron chi connectivity index (χ3n) is 6.70. The second-order valence-corrected chi connectivity index (χ2v) is 11.1. The number of thiazole rings is 1. The van der Waals surface area contributed by atoms with Crippen molar-refractivity contribution in [2.75, 3.05) is 11.9 Å². The molecule has 30 heavy (non-hydrogen) atoms. The molecule has 6 heteroatoms. The number of aliphatic hydroxyl groups excluding tert-OH is 1. The highest BCUT2D eigenvalue weighted by Crippen LogP contribution is 2.46. The molecule has 3 heterocycles. The van der Waals surface area contributed by atoms with Crippen LogP contribution in [0.2, 0.25) is 0 Å². The Hall–Kier alpha value is -1.47. The highest BCUT2D eigenvalue weighted by atomic mass is 32.1. The van der Waals surface area contributed by atoms with E-state index in [9.17, 15) is 5.11 Å². The predicted octanol–water partition coefficient (Wildman–Crippen LogP) is 6.10. The molecule has 0 spiro atoms. The van der Waals surface area contributed by atoms with Gasteiger partial charge >= 0.3 is 0 Å². The number of aliphatic hydroxyl groups is 1. The van der Waals surface area contributed by atoms with Gasteiger partial charge in [0, 0.05) is 35.5 Å². The third-order valence-corrected chi connectivity index (χ3v) is 8.90. The summed E-state index contributed by atoms with van der Waals surface area (Å²) in [6.07, 6.45) is 6.60. The molecule has 3 aromatic rings. The van der Waals surface area contributed by atoms with Crippen LogP contribution in [0, 0.1) is 5.92 Å². The number of hydrogen-bond acceptors (Lipinski definition) is 6.